The van der Waals surface area contributed by atoms with E-state index in [-0.39, 0.29) is 11.0 Å². The van der Waals surface area contributed by atoms with Crippen molar-refractivity contribution in [3.05, 3.63) is 22.4 Å². The Kier molecular flexibility index (Phi) is 4.65. The number of hydrogen-bond acceptors (Lipinski definition) is 4. The van der Waals surface area contributed by atoms with E-state index in [2.05, 4.69) is 0 Å². The molecule has 2 nitrogen and oxygen atoms in total. The molecule has 0 saturated carbocycles. The summed E-state index contributed by atoms with van der Waals surface area (Å²) in [7, 11) is 0. The van der Waals surface area contributed by atoms with E-state index < -0.39 is 6.10 Å². The first-order valence-corrected chi connectivity index (χ1v) is 6.46. The van der Waals surface area contributed by atoms with Crippen molar-refractivity contribution in [1.82, 2.24) is 0 Å². The highest BCUT2D eigenvalue weighted by Crippen LogP contribution is 2.27. The van der Waals surface area contributed by atoms with Crippen molar-refractivity contribution < 1.29 is 9.90 Å². The second kappa shape index (κ2) is 5.53. The molecule has 0 aliphatic rings. The molecule has 0 bridgehead atoms. The second-order valence-corrected chi connectivity index (χ2v) is 5.09. The van der Waals surface area contributed by atoms with Crippen molar-refractivity contribution in [2.45, 2.75) is 20.0 Å². The maximum Gasteiger partial charge on any atom is 0.194 e. The molecular weight excluding hydrogens is 216 g/mol. The van der Waals surface area contributed by atoms with Crippen LogP contribution in [0.2, 0.25) is 0 Å². The fourth-order valence-electron chi connectivity index (χ4n) is 1.13. The summed E-state index contributed by atoms with van der Waals surface area (Å²) >= 11 is 2.80. The Hall–Kier alpha value is -0.320. The molecule has 0 aliphatic heterocycles. The summed E-state index contributed by atoms with van der Waals surface area (Å²) < 4.78 is 0. The third-order valence-corrected chi connectivity index (χ3v) is 3.66. The Morgan fingerprint density at radius 2 is 2.43 bits per heavy atom. The smallest absolute Gasteiger partial charge is 0.194 e. The Morgan fingerprint density at radius 1 is 1.71 bits per heavy atom. The monoisotopic (exact) mass is 230 g/mol. The van der Waals surface area contributed by atoms with Crippen molar-refractivity contribution in [2.75, 3.05) is 5.75 Å². The van der Waals surface area contributed by atoms with Crippen LogP contribution in [0, 0.1) is 5.92 Å². The van der Waals surface area contributed by atoms with Gasteiger partial charge in [0.1, 0.15) is 0 Å². The Morgan fingerprint density at radius 3 is 2.93 bits per heavy atom. The minimum atomic E-state index is -0.659. The fraction of sp³-hybridized carbons (Fsp3) is 0.500. The largest absolute Gasteiger partial charge is 0.388 e. The minimum Gasteiger partial charge on any atom is -0.388 e. The van der Waals surface area contributed by atoms with Gasteiger partial charge in [-0.1, -0.05) is 25.6 Å². The summed E-state index contributed by atoms with van der Waals surface area (Å²) in [6.07, 6.45) is -0.659. The average molecular weight is 230 g/mol. The third kappa shape index (κ3) is 2.83. The topological polar surface area (TPSA) is 37.3 Å². The maximum atomic E-state index is 11.5. The second-order valence-electron chi connectivity index (χ2n) is 3.04. The molecule has 0 spiro atoms. The van der Waals surface area contributed by atoms with Gasteiger partial charge in [0.15, 0.2) is 5.12 Å². The summed E-state index contributed by atoms with van der Waals surface area (Å²) in [4.78, 5) is 11.5. The maximum absolute atomic E-state index is 11.5. The highest BCUT2D eigenvalue weighted by Gasteiger charge is 2.23. The molecule has 0 fully saturated rings. The van der Waals surface area contributed by atoms with Crippen molar-refractivity contribution >= 4 is 28.2 Å². The molecule has 0 unspecified atom stereocenters. The van der Waals surface area contributed by atoms with E-state index in [0.29, 0.717) is 0 Å². The molecule has 2 atom stereocenters. The van der Waals surface area contributed by atoms with Gasteiger partial charge in [-0.15, -0.1) is 0 Å². The Balaban J connectivity index is 2.61. The molecule has 1 N–H and O–H groups in total. The summed E-state index contributed by atoms with van der Waals surface area (Å²) in [5.41, 5.74) is 0.840. The van der Waals surface area contributed by atoms with E-state index in [0.717, 1.165) is 11.3 Å². The van der Waals surface area contributed by atoms with Crippen LogP contribution < -0.4 is 0 Å². The first-order valence-electron chi connectivity index (χ1n) is 4.53. The van der Waals surface area contributed by atoms with Crippen LogP contribution >= 0.6 is 23.1 Å². The highest BCUT2D eigenvalue weighted by atomic mass is 32.2. The normalized spacial score (nSPS) is 15.1. The highest BCUT2D eigenvalue weighted by molar-refractivity contribution is 8.13. The standard InChI is InChI=1S/C10H14O2S2/c1-3-14-10(12)7(2)9(11)8-4-5-13-6-8/h4-7,9,11H,3H2,1-2H3/t7-,9-/m0/s1. The lowest BCUT2D eigenvalue weighted by Crippen LogP contribution is -2.16. The molecule has 78 valence electrons. The van der Waals surface area contributed by atoms with Crippen molar-refractivity contribution in [3.63, 3.8) is 0 Å². The van der Waals surface area contributed by atoms with Crippen LogP contribution in [-0.2, 0) is 4.79 Å². The van der Waals surface area contributed by atoms with Gasteiger partial charge in [0.25, 0.3) is 0 Å². The van der Waals surface area contributed by atoms with Gasteiger partial charge in [0, 0.05) is 0 Å². The SMILES string of the molecule is CCSC(=O)[C@@H](C)[C@H](O)c1ccsc1. The molecule has 4 heteroatoms. The van der Waals surface area contributed by atoms with Gasteiger partial charge in [-0.3, -0.25) is 4.79 Å². The van der Waals surface area contributed by atoms with Crippen molar-refractivity contribution in [1.29, 1.82) is 0 Å². The molecule has 1 aromatic rings. The molecule has 0 amide bonds. The van der Waals surface area contributed by atoms with Crippen LogP contribution in [-0.4, -0.2) is 16.0 Å². The predicted octanol–water partition coefficient (Wildman–Crippen LogP) is 2.70. The van der Waals surface area contributed by atoms with Gasteiger partial charge in [0.05, 0.1) is 12.0 Å². The quantitative estimate of drug-likeness (QED) is 0.864. The van der Waals surface area contributed by atoms with E-state index in [9.17, 15) is 9.90 Å². The predicted molar refractivity (Wildman–Crippen MR) is 61.6 cm³/mol. The number of aliphatic hydroxyl groups excluding tert-OH is 1. The third-order valence-electron chi connectivity index (χ3n) is 2.02. The summed E-state index contributed by atoms with van der Waals surface area (Å²) in [6, 6.07) is 1.86. The lowest BCUT2D eigenvalue weighted by Gasteiger charge is -2.15. The van der Waals surface area contributed by atoms with Gasteiger partial charge >= 0.3 is 0 Å². The lowest BCUT2D eigenvalue weighted by atomic mass is 10.0. The molecule has 14 heavy (non-hydrogen) atoms. The van der Waals surface area contributed by atoms with E-state index in [1.807, 2.05) is 23.8 Å². The zero-order chi connectivity index (χ0) is 10.6. The van der Waals surface area contributed by atoms with Crippen LogP contribution in [0.5, 0.6) is 0 Å². The molecule has 0 saturated heterocycles. The molecule has 0 aliphatic carbocycles. The molecule has 1 aromatic heterocycles. The fourth-order valence-corrected chi connectivity index (χ4v) is 2.50. The zero-order valence-corrected chi connectivity index (χ0v) is 9.90. The van der Waals surface area contributed by atoms with Crippen LogP contribution in [0.1, 0.15) is 25.5 Å². The summed E-state index contributed by atoms with van der Waals surface area (Å²) in [6.45, 7) is 3.71. The van der Waals surface area contributed by atoms with E-state index in [1.54, 1.807) is 6.92 Å². The number of thioether (sulfide) groups is 1. The molecule has 1 heterocycles. The van der Waals surface area contributed by atoms with Gasteiger partial charge < -0.3 is 5.11 Å². The van der Waals surface area contributed by atoms with Crippen LogP contribution in [0.4, 0.5) is 0 Å². The van der Waals surface area contributed by atoms with Gasteiger partial charge in [0.2, 0.25) is 0 Å². The average Bonchev–Trinajstić information content (AvgIpc) is 2.68. The lowest BCUT2D eigenvalue weighted by molar-refractivity contribution is -0.117. The Labute approximate surface area is 92.3 Å². The molecule has 0 radical (unpaired) electrons. The van der Waals surface area contributed by atoms with Crippen molar-refractivity contribution in [2.24, 2.45) is 5.92 Å². The number of thiophene rings is 1. The minimum absolute atomic E-state index is 0.0613. The number of hydrogen-bond donors (Lipinski definition) is 1. The molecular formula is C10H14O2S2. The molecule has 0 aromatic carbocycles. The number of aliphatic hydroxyl groups is 1. The summed E-state index contributed by atoms with van der Waals surface area (Å²) in [5, 5.41) is 13.7. The Bertz CT molecular complexity index is 282. The van der Waals surface area contributed by atoms with E-state index in [4.69, 9.17) is 0 Å². The summed E-state index contributed by atoms with van der Waals surface area (Å²) in [5.74, 6) is 0.439. The first-order chi connectivity index (χ1) is 6.66. The van der Waals surface area contributed by atoms with Crippen molar-refractivity contribution in [3.8, 4) is 0 Å². The number of rotatable bonds is 4. The number of carbonyl (C=O) groups is 1. The van der Waals surface area contributed by atoms with Gasteiger partial charge in [-0.2, -0.15) is 11.3 Å². The number of carbonyl (C=O) groups excluding carboxylic acids is 1. The van der Waals surface area contributed by atoms with Crippen LogP contribution in [0.15, 0.2) is 16.8 Å². The first kappa shape index (κ1) is 11.8. The van der Waals surface area contributed by atoms with Gasteiger partial charge in [-0.05, 0) is 28.1 Å². The van der Waals surface area contributed by atoms with Gasteiger partial charge in [-0.25, -0.2) is 0 Å². The van der Waals surface area contributed by atoms with E-state index >= 15 is 0 Å². The molecule has 1 rings (SSSR count). The van der Waals surface area contributed by atoms with E-state index in [1.165, 1.54) is 23.1 Å². The zero-order valence-electron chi connectivity index (χ0n) is 8.27. The van der Waals surface area contributed by atoms with Crippen LogP contribution in [0.3, 0.4) is 0 Å². The van der Waals surface area contributed by atoms with Crippen LogP contribution in [0.25, 0.3) is 0 Å².